The third kappa shape index (κ3) is 3.57. The highest BCUT2D eigenvalue weighted by molar-refractivity contribution is 5.76. The topological polar surface area (TPSA) is 55.1 Å². The van der Waals surface area contributed by atoms with Gasteiger partial charge in [-0.2, -0.15) is 0 Å². The van der Waals surface area contributed by atoms with Gasteiger partial charge < -0.3 is 11.1 Å². The summed E-state index contributed by atoms with van der Waals surface area (Å²) >= 11 is 0. The van der Waals surface area contributed by atoms with E-state index in [1.165, 1.54) is 42.4 Å². The maximum Gasteiger partial charge on any atom is 0.221 e. The lowest BCUT2D eigenvalue weighted by Gasteiger charge is -2.16. The molecule has 0 fully saturated rings. The molecule has 18 heavy (non-hydrogen) atoms. The number of fused-ring (bicyclic) bond motifs is 1. The van der Waals surface area contributed by atoms with Crippen LogP contribution in [0.15, 0.2) is 18.2 Å². The van der Waals surface area contributed by atoms with Crippen LogP contribution in [-0.4, -0.2) is 19.0 Å². The standard InChI is InChI=1S/C15H22N2O/c16-9-7-15(18)17-10-8-12-5-6-13-3-1-2-4-14(13)11-12/h5-6,11H,1-4,7-10,16H2,(H,17,18). The molecule has 2 rings (SSSR count). The third-order valence-corrected chi connectivity index (χ3v) is 3.52. The fourth-order valence-electron chi connectivity index (χ4n) is 2.51. The third-order valence-electron chi connectivity index (χ3n) is 3.52. The van der Waals surface area contributed by atoms with Crippen LogP contribution in [0.2, 0.25) is 0 Å². The van der Waals surface area contributed by atoms with Gasteiger partial charge in [-0.25, -0.2) is 0 Å². The molecule has 0 aliphatic heterocycles. The molecule has 3 heteroatoms. The number of carbonyl (C=O) groups excluding carboxylic acids is 1. The van der Waals surface area contributed by atoms with Crippen molar-refractivity contribution in [2.75, 3.05) is 13.1 Å². The molecular formula is C15H22N2O. The molecule has 3 N–H and O–H groups in total. The van der Waals surface area contributed by atoms with Crippen molar-refractivity contribution in [1.82, 2.24) is 5.32 Å². The first kappa shape index (κ1) is 13.1. The number of hydrogen-bond donors (Lipinski definition) is 2. The van der Waals surface area contributed by atoms with Crippen LogP contribution < -0.4 is 11.1 Å². The summed E-state index contributed by atoms with van der Waals surface area (Å²) in [6, 6.07) is 6.76. The maximum absolute atomic E-state index is 11.3. The number of nitrogens with two attached hydrogens (primary N) is 1. The Morgan fingerprint density at radius 2 is 2.00 bits per heavy atom. The van der Waals surface area contributed by atoms with E-state index >= 15 is 0 Å². The first-order chi connectivity index (χ1) is 8.79. The van der Waals surface area contributed by atoms with Gasteiger partial charge in [0.15, 0.2) is 0 Å². The number of aryl methyl sites for hydroxylation is 2. The van der Waals surface area contributed by atoms with Crippen molar-refractivity contribution < 1.29 is 4.79 Å². The molecule has 0 saturated carbocycles. The number of hydrogen-bond acceptors (Lipinski definition) is 2. The summed E-state index contributed by atoms with van der Waals surface area (Å²) in [5, 5.41) is 2.89. The molecule has 3 nitrogen and oxygen atoms in total. The zero-order valence-corrected chi connectivity index (χ0v) is 10.9. The summed E-state index contributed by atoms with van der Waals surface area (Å²) in [7, 11) is 0. The van der Waals surface area contributed by atoms with Gasteiger partial charge in [0.25, 0.3) is 0 Å². The Hall–Kier alpha value is -1.35. The van der Waals surface area contributed by atoms with E-state index < -0.39 is 0 Å². The van der Waals surface area contributed by atoms with Crippen LogP contribution in [0, 0.1) is 0 Å². The van der Waals surface area contributed by atoms with Crippen molar-refractivity contribution in [1.29, 1.82) is 0 Å². The molecule has 0 atom stereocenters. The molecular weight excluding hydrogens is 224 g/mol. The Morgan fingerprint density at radius 1 is 1.22 bits per heavy atom. The highest BCUT2D eigenvalue weighted by atomic mass is 16.1. The largest absolute Gasteiger partial charge is 0.356 e. The van der Waals surface area contributed by atoms with Crippen LogP contribution in [0.25, 0.3) is 0 Å². The van der Waals surface area contributed by atoms with Gasteiger partial charge in [-0.05, 0) is 48.8 Å². The summed E-state index contributed by atoms with van der Waals surface area (Å²) in [5.74, 6) is 0.0514. The lowest BCUT2D eigenvalue weighted by Crippen LogP contribution is -2.27. The normalized spacial score (nSPS) is 14.1. The fourth-order valence-corrected chi connectivity index (χ4v) is 2.51. The highest BCUT2D eigenvalue weighted by Gasteiger charge is 2.09. The monoisotopic (exact) mass is 246 g/mol. The van der Waals surface area contributed by atoms with Gasteiger partial charge in [0.1, 0.15) is 0 Å². The first-order valence-electron chi connectivity index (χ1n) is 6.87. The zero-order chi connectivity index (χ0) is 12.8. The van der Waals surface area contributed by atoms with Crippen LogP contribution in [-0.2, 0) is 24.1 Å². The van der Waals surface area contributed by atoms with Gasteiger partial charge in [-0.3, -0.25) is 4.79 Å². The SMILES string of the molecule is NCCC(=O)NCCc1ccc2c(c1)CCCC2. The molecule has 98 valence electrons. The van der Waals surface area contributed by atoms with Crippen molar-refractivity contribution in [2.24, 2.45) is 5.73 Å². The predicted octanol–water partition coefficient (Wildman–Crippen LogP) is 1.57. The molecule has 0 spiro atoms. The minimum atomic E-state index is 0.0514. The van der Waals surface area contributed by atoms with Crippen LogP contribution >= 0.6 is 0 Å². The van der Waals surface area contributed by atoms with E-state index in [9.17, 15) is 4.79 Å². The van der Waals surface area contributed by atoms with Crippen molar-refractivity contribution in [3.63, 3.8) is 0 Å². The number of nitrogens with one attached hydrogen (secondary N) is 1. The van der Waals surface area contributed by atoms with Gasteiger partial charge in [0.2, 0.25) is 5.91 Å². The van der Waals surface area contributed by atoms with Gasteiger partial charge in [-0.15, -0.1) is 0 Å². The number of carbonyl (C=O) groups is 1. The van der Waals surface area contributed by atoms with Gasteiger partial charge in [-0.1, -0.05) is 18.2 Å². The van der Waals surface area contributed by atoms with Crippen LogP contribution in [0.3, 0.4) is 0 Å². The molecule has 0 bridgehead atoms. The van der Waals surface area contributed by atoms with Crippen LogP contribution in [0.5, 0.6) is 0 Å². The lowest BCUT2D eigenvalue weighted by atomic mass is 9.90. The number of rotatable bonds is 5. The average Bonchev–Trinajstić information content (AvgIpc) is 2.39. The average molecular weight is 246 g/mol. The fraction of sp³-hybridized carbons (Fsp3) is 0.533. The minimum Gasteiger partial charge on any atom is -0.356 e. The van der Waals surface area contributed by atoms with Crippen LogP contribution in [0.4, 0.5) is 0 Å². The van der Waals surface area contributed by atoms with Crippen molar-refractivity contribution in [3.8, 4) is 0 Å². The Labute approximate surface area is 109 Å². The summed E-state index contributed by atoms with van der Waals surface area (Å²) < 4.78 is 0. The zero-order valence-electron chi connectivity index (χ0n) is 10.9. The smallest absolute Gasteiger partial charge is 0.221 e. The second kappa shape index (κ2) is 6.55. The predicted molar refractivity (Wildman–Crippen MR) is 73.5 cm³/mol. The highest BCUT2D eigenvalue weighted by Crippen LogP contribution is 2.22. The molecule has 1 aliphatic rings. The van der Waals surface area contributed by atoms with E-state index in [1.807, 2.05) is 0 Å². The molecule has 1 amide bonds. The molecule has 0 radical (unpaired) electrons. The molecule has 1 aromatic carbocycles. The van der Waals surface area contributed by atoms with E-state index in [1.54, 1.807) is 0 Å². The van der Waals surface area contributed by atoms with E-state index in [0.717, 1.165) is 6.42 Å². The summed E-state index contributed by atoms with van der Waals surface area (Å²) in [5.41, 5.74) is 9.67. The molecule has 1 aromatic rings. The van der Waals surface area contributed by atoms with Crippen molar-refractivity contribution in [2.45, 2.75) is 38.5 Å². The quantitative estimate of drug-likeness (QED) is 0.828. The van der Waals surface area contributed by atoms with Gasteiger partial charge in [0, 0.05) is 19.5 Å². The van der Waals surface area contributed by atoms with E-state index in [2.05, 4.69) is 23.5 Å². The molecule has 0 aromatic heterocycles. The van der Waals surface area contributed by atoms with Gasteiger partial charge >= 0.3 is 0 Å². The molecule has 1 aliphatic carbocycles. The van der Waals surface area contributed by atoms with Crippen molar-refractivity contribution in [3.05, 3.63) is 34.9 Å². The first-order valence-corrected chi connectivity index (χ1v) is 6.87. The van der Waals surface area contributed by atoms with Gasteiger partial charge in [0.05, 0.1) is 0 Å². The minimum absolute atomic E-state index is 0.0514. The van der Waals surface area contributed by atoms with E-state index in [0.29, 0.717) is 19.5 Å². The molecule has 0 heterocycles. The second-order valence-corrected chi connectivity index (χ2v) is 4.95. The van der Waals surface area contributed by atoms with E-state index in [4.69, 9.17) is 5.73 Å². The Morgan fingerprint density at radius 3 is 2.78 bits per heavy atom. The summed E-state index contributed by atoms with van der Waals surface area (Å²) in [6.45, 7) is 1.13. The Bertz CT molecular complexity index is 415. The van der Waals surface area contributed by atoms with Crippen LogP contribution in [0.1, 0.15) is 36.0 Å². The summed E-state index contributed by atoms with van der Waals surface area (Å²) in [6.07, 6.45) is 6.39. The summed E-state index contributed by atoms with van der Waals surface area (Å²) in [4.78, 5) is 11.3. The molecule has 0 unspecified atom stereocenters. The number of amides is 1. The second-order valence-electron chi connectivity index (χ2n) is 4.95. The number of benzene rings is 1. The lowest BCUT2D eigenvalue weighted by molar-refractivity contribution is -0.120. The Balaban J connectivity index is 1.84. The van der Waals surface area contributed by atoms with Crippen molar-refractivity contribution >= 4 is 5.91 Å². The van der Waals surface area contributed by atoms with E-state index in [-0.39, 0.29) is 5.91 Å². The Kier molecular flexibility index (Phi) is 4.76. The maximum atomic E-state index is 11.3. The molecule has 0 saturated heterocycles.